The number of aliphatic hydroxyl groups excluding tert-OH is 1. The van der Waals surface area contributed by atoms with Crippen molar-refractivity contribution in [3.8, 4) is 0 Å². The number of nitrogens with zero attached hydrogens (tertiary/aromatic N) is 1. The number of carbonyl (C=O) groups excluding carboxylic acids is 1. The highest BCUT2D eigenvalue weighted by Gasteiger charge is 2.26. The summed E-state index contributed by atoms with van der Waals surface area (Å²) in [4.78, 5) is 13.6. The molecule has 1 unspecified atom stereocenters. The normalized spacial score (nSPS) is 20.2. The SMILES string of the molecule is O=C(c1ccc(F)cc1I)N1CCC(O)C1. The summed E-state index contributed by atoms with van der Waals surface area (Å²) in [5, 5.41) is 9.35. The van der Waals surface area contributed by atoms with Crippen LogP contribution in [0, 0.1) is 9.39 Å². The van der Waals surface area contributed by atoms with Crippen molar-refractivity contribution in [3.05, 3.63) is 33.1 Å². The number of carbonyl (C=O) groups is 1. The highest BCUT2D eigenvalue weighted by atomic mass is 127. The molecule has 1 fully saturated rings. The third-order valence-corrected chi connectivity index (χ3v) is 3.50. The number of halogens is 2. The molecule has 16 heavy (non-hydrogen) atoms. The van der Waals surface area contributed by atoms with E-state index in [1.54, 1.807) is 4.90 Å². The van der Waals surface area contributed by atoms with Crippen molar-refractivity contribution in [2.75, 3.05) is 13.1 Å². The van der Waals surface area contributed by atoms with Gasteiger partial charge in [0.25, 0.3) is 5.91 Å². The maximum absolute atomic E-state index is 12.9. The standard InChI is InChI=1S/C11H11FINO2/c12-7-1-2-9(10(13)5-7)11(16)14-4-3-8(15)6-14/h1-2,5,8,15H,3-4,6H2. The van der Waals surface area contributed by atoms with Gasteiger partial charge in [-0.1, -0.05) is 0 Å². The molecule has 0 saturated carbocycles. The summed E-state index contributed by atoms with van der Waals surface area (Å²) in [5.41, 5.74) is 0.496. The van der Waals surface area contributed by atoms with E-state index in [4.69, 9.17) is 0 Å². The molecular weight excluding hydrogens is 324 g/mol. The van der Waals surface area contributed by atoms with E-state index < -0.39 is 6.10 Å². The number of hydrogen-bond acceptors (Lipinski definition) is 2. The summed E-state index contributed by atoms with van der Waals surface area (Å²) in [7, 11) is 0. The molecule has 1 N–H and O–H groups in total. The van der Waals surface area contributed by atoms with Gasteiger partial charge in [0.15, 0.2) is 0 Å². The van der Waals surface area contributed by atoms with Crippen molar-refractivity contribution < 1.29 is 14.3 Å². The molecule has 0 radical (unpaired) electrons. The lowest BCUT2D eigenvalue weighted by Gasteiger charge is -2.16. The Morgan fingerprint density at radius 2 is 2.31 bits per heavy atom. The van der Waals surface area contributed by atoms with Gasteiger partial charge < -0.3 is 10.0 Å². The quantitative estimate of drug-likeness (QED) is 0.793. The Hall–Kier alpha value is -0.690. The smallest absolute Gasteiger partial charge is 0.255 e. The van der Waals surface area contributed by atoms with E-state index in [9.17, 15) is 14.3 Å². The van der Waals surface area contributed by atoms with Gasteiger partial charge in [-0.3, -0.25) is 4.79 Å². The van der Waals surface area contributed by atoms with Gasteiger partial charge in [-0.05, 0) is 47.2 Å². The highest BCUT2D eigenvalue weighted by Crippen LogP contribution is 2.19. The molecule has 86 valence electrons. The van der Waals surface area contributed by atoms with E-state index >= 15 is 0 Å². The molecule has 1 amide bonds. The van der Waals surface area contributed by atoms with Crippen LogP contribution in [0.4, 0.5) is 4.39 Å². The van der Waals surface area contributed by atoms with Crippen LogP contribution in [-0.4, -0.2) is 35.1 Å². The van der Waals surface area contributed by atoms with Crippen molar-refractivity contribution in [2.24, 2.45) is 0 Å². The van der Waals surface area contributed by atoms with Crippen molar-refractivity contribution in [3.63, 3.8) is 0 Å². The lowest BCUT2D eigenvalue weighted by Crippen LogP contribution is -2.30. The summed E-state index contributed by atoms with van der Waals surface area (Å²) in [6.07, 6.45) is 0.186. The first kappa shape index (κ1) is 11.8. The van der Waals surface area contributed by atoms with Crippen LogP contribution >= 0.6 is 22.6 Å². The van der Waals surface area contributed by atoms with E-state index in [0.717, 1.165) is 0 Å². The molecule has 3 nitrogen and oxygen atoms in total. The molecular formula is C11H11FINO2. The van der Waals surface area contributed by atoms with Crippen LogP contribution in [0.1, 0.15) is 16.8 Å². The number of hydrogen-bond donors (Lipinski definition) is 1. The molecule has 1 aromatic carbocycles. The minimum atomic E-state index is -0.429. The highest BCUT2D eigenvalue weighted by molar-refractivity contribution is 14.1. The Morgan fingerprint density at radius 3 is 2.88 bits per heavy atom. The Bertz CT molecular complexity index is 424. The van der Waals surface area contributed by atoms with Gasteiger partial charge in [0.2, 0.25) is 0 Å². The van der Waals surface area contributed by atoms with Crippen molar-refractivity contribution in [1.29, 1.82) is 0 Å². The van der Waals surface area contributed by atoms with Crippen molar-refractivity contribution >= 4 is 28.5 Å². The van der Waals surface area contributed by atoms with Crippen LogP contribution in [0.3, 0.4) is 0 Å². The van der Waals surface area contributed by atoms with Gasteiger partial charge in [-0.15, -0.1) is 0 Å². The predicted molar refractivity (Wildman–Crippen MR) is 65.6 cm³/mol. The summed E-state index contributed by atoms with van der Waals surface area (Å²) < 4.78 is 13.5. The van der Waals surface area contributed by atoms with Crippen LogP contribution in [0.15, 0.2) is 18.2 Å². The molecule has 1 heterocycles. The van der Waals surface area contributed by atoms with Crippen LogP contribution in [0.5, 0.6) is 0 Å². The van der Waals surface area contributed by atoms with E-state index in [2.05, 4.69) is 0 Å². The molecule has 2 rings (SSSR count). The number of amides is 1. The summed E-state index contributed by atoms with van der Waals surface area (Å²) in [6, 6.07) is 4.10. The summed E-state index contributed by atoms with van der Waals surface area (Å²) in [6.45, 7) is 0.930. The average Bonchev–Trinajstić information content (AvgIpc) is 2.64. The molecule has 1 atom stereocenters. The van der Waals surface area contributed by atoms with Crippen molar-refractivity contribution in [2.45, 2.75) is 12.5 Å². The largest absolute Gasteiger partial charge is 0.391 e. The van der Waals surface area contributed by atoms with E-state index in [0.29, 0.717) is 28.6 Å². The van der Waals surface area contributed by atoms with E-state index in [-0.39, 0.29) is 11.7 Å². The minimum absolute atomic E-state index is 0.138. The fourth-order valence-corrected chi connectivity index (χ4v) is 2.47. The fourth-order valence-electron chi connectivity index (χ4n) is 1.76. The number of aliphatic hydroxyl groups is 1. The second kappa shape index (κ2) is 4.67. The topological polar surface area (TPSA) is 40.5 Å². The third kappa shape index (κ3) is 2.35. The van der Waals surface area contributed by atoms with Crippen LogP contribution in [0.25, 0.3) is 0 Å². The second-order valence-electron chi connectivity index (χ2n) is 3.82. The Kier molecular flexibility index (Phi) is 3.44. The number of β-amino-alcohol motifs (C(OH)–C–C–N with tert-alkyl or cyclic N) is 1. The lowest BCUT2D eigenvalue weighted by molar-refractivity contribution is 0.0764. The first-order valence-electron chi connectivity index (χ1n) is 5.00. The molecule has 1 aliphatic rings. The molecule has 1 aromatic rings. The van der Waals surface area contributed by atoms with Gasteiger partial charge in [-0.25, -0.2) is 4.39 Å². The zero-order valence-electron chi connectivity index (χ0n) is 8.49. The van der Waals surface area contributed by atoms with Crippen molar-refractivity contribution in [1.82, 2.24) is 4.90 Å². The lowest BCUT2D eigenvalue weighted by atomic mass is 10.2. The number of likely N-dealkylation sites (tertiary alicyclic amines) is 1. The first-order chi connectivity index (χ1) is 7.58. The predicted octanol–water partition coefficient (Wildman–Crippen LogP) is 1.64. The molecule has 1 saturated heterocycles. The van der Waals surface area contributed by atoms with Gasteiger partial charge in [0.1, 0.15) is 5.82 Å². The molecule has 0 aliphatic carbocycles. The van der Waals surface area contributed by atoms with E-state index in [1.165, 1.54) is 18.2 Å². The van der Waals surface area contributed by atoms with Crippen LogP contribution in [0.2, 0.25) is 0 Å². The monoisotopic (exact) mass is 335 g/mol. The zero-order chi connectivity index (χ0) is 11.7. The minimum Gasteiger partial charge on any atom is -0.391 e. The van der Waals surface area contributed by atoms with Gasteiger partial charge in [0.05, 0.1) is 11.7 Å². The van der Waals surface area contributed by atoms with Crippen LogP contribution in [-0.2, 0) is 0 Å². The Morgan fingerprint density at radius 1 is 1.56 bits per heavy atom. The Balaban J connectivity index is 2.21. The van der Waals surface area contributed by atoms with Gasteiger partial charge in [-0.2, -0.15) is 0 Å². The molecule has 0 bridgehead atoms. The first-order valence-corrected chi connectivity index (χ1v) is 6.08. The molecule has 1 aliphatic heterocycles. The molecule has 5 heteroatoms. The van der Waals surface area contributed by atoms with E-state index in [1.807, 2.05) is 22.6 Å². The van der Waals surface area contributed by atoms with Gasteiger partial charge >= 0.3 is 0 Å². The number of rotatable bonds is 1. The zero-order valence-corrected chi connectivity index (χ0v) is 10.6. The third-order valence-electron chi connectivity index (χ3n) is 2.61. The van der Waals surface area contributed by atoms with Crippen LogP contribution < -0.4 is 0 Å². The second-order valence-corrected chi connectivity index (χ2v) is 4.98. The summed E-state index contributed by atoms with van der Waals surface area (Å²) in [5.74, 6) is -0.483. The van der Waals surface area contributed by atoms with Gasteiger partial charge in [0, 0.05) is 16.7 Å². The number of benzene rings is 1. The maximum Gasteiger partial charge on any atom is 0.255 e. The maximum atomic E-state index is 12.9. The molecule has 0 aromatic heterocycles. The Labute approximate surface area is 106 Å². The summed E-state index contributed by atoms with van der Waals surface area (Å²) >= 11 is 1.94. The molecule has 0 spiro atoms. The fraction of sp³-hybridized carbons (Fsp3) is 0.364. The average molecular weight is 335 g/mol.